The molecule has 0 aliphatic heterocycles. The summed E-state index contributed by atoms with van der Waals surface area (Å²) in [5.41, 5.74) is 0. The van der Waals surface area contributed by atoms with Crippen molar-refractivity contribution in [3.05, 3.63) is 30.3 Å². The molecule has 0 spiro atoms. The lowest BCUT2D eigenvalue weighted by Gasteiger charge is -2.29. The fourth-order valence-electron chi connectivity index (χ4n) is 2.51. The van der Waals surface area contributed by atoms with Crippen LogP contribution in [0.3, 0.4) is 0 Å². The Morgan fingerprint density at radius 1 is 1.20 bits per heavy atom. The molecule has 5 nitrogen and oxygen atoms in total. The Labute approximate surface area is 117 Å². The number of amides is 1. The highest BCUT2D eigenvalue weighted by Gasteiger charge is 2.31. The van der Waals surface area contributed by atoms with Gasteiger partial charge in [-0.1, -0.05) is 31.0 Å². The maximum Gasteiger partial charge on any atom is 0.308 e. The highest BCUT2D eigenvalue weighted by Crippen LogP contribution is 2.24. The first-order chi connectivity index (χ1) is 9.66. The zero-order valence-corrected chi connectivity index (χ0v) is 11.2. The predicted octanol–water partition coefficient (Wildman–Crippen LogP) is 1.82. The van der Waals surface area contributed by atoms with Gasteiger partial charge in [-0.2, -0.15) is 0 Å². The van der Waals surface area contributed by atoms with E-state index in [1.54, 1.807) is 12.1 Å². The van der Waals surface area contributed by atoms with Gasteiger partial charge in [0.2, 0.25) is 0 Å². The molecular weight excluding hydrogens is 258 g/mol. The summed E-state index contributed by atoms with van der Waals surface area (Å²) < 4.78 is 5.35. The number of rotatable bonds is 5. The second-order valence-corrected chi connectivity index (χ2v) is 5.00. The summed E-state index contributed by atoms with van der Waals surface area (Å²) in [6.07, 6.45) is 3.20. The van der Waals surface area contributed by atoms with Gasteiger partial charge in [-0.15, -0.1) is 0 Å². The Bertz CT molecular complexity index is 460. The third kappa shape index (κ3) is 3.98. The van der Waals surface area contributed by atoms with Crippen molar-refractivity contribution >= 4 is 11.9 Å². The Balaban J connectivity index is 1.82. The highest BCUT2D eigenvalue weighted by atomic mass is 16.5. The molecule has 2 N–H and O–H groups in total. The van der Waals surface area contributed by atoms with Crippen molar-refractivity contribution in [1.29, 1.82) is 0 Å². The first kappa shape index (κ1) is 14.4. The molecule has 0 bridgehead atoms. The van der Waals surface area contributed by atoms with Crippen molar-refractivity contribution in [1.82, 2.24) is 5.32 Å². The van der Waals surface area contributed by atoms with Crippen LogP contribution in [0.25, 0.3) is 0 Å². The predicted molar refractivity (Wildman–Crippen MR) is 73.5 cm³/mol. The van der Waals surface area contributed by atoms with Gasteiger partial charge in [-0.25, -0.2) is 0 Å². The topological polar surface area (TPSA) is 75.6 Å². The van der Waals surface area contributed by atoms with E-state index in [0.717, 1.165) is 12.8 Å². The minimum Gasteiger partial charge on any atom is -0.484 e. The maximum atomic E-state index is 11.8. The Hall–Kier alpha value is -2.04. The number of carboxylic acid groups (broad SMARTS) is 1. The van der Waals surface area contributed by atoms with E-state index in [1.165, 1.54) is 0 Å². The third-order valence-electron chi connectivity index (χ3n) is 3.54. The summed E-state index contributed by atoms with van der Waals surface area (Å²) >= 11 is 0. The van der Waals surface area contributed by atoms with E-state index in [9.17, 15) is 9.59 Å². The molecule has 1 saturated carbocycles. The van der Waals surface area contributed by atoms with E-state index in [-0.39, 0.29) is 18.6 Å². The molecule has 5 heteroatoms. The molecule has 0 unspecified atom stereocenters. The highest BCUT2D eigenvalue weighted by molar-refractivity contribution is 5.79. The van der Waals surface area contributed by atoms with Crippen LogP contribution in [0.5, 0.6) is 5.75 Å². The van der Waals surface area contributed by atoms with Crippen LogP contribution in [0.2, 0.25) is 0 Å². The van der Waals surface area contributed by atoms with Gasteiger partial charge >= 0.3 is 5.97 Å². The number of nitrogens with one attached hydrogen (secondary N) is 1. The largest absolute Gasteiger partial charge is 0.484 e. The Morgan fingerprint density at radius 3 is 2.60 bits per heavy atom. The van der Waals surface area contributed by atoms with E-state index in [4.69, 9.17) is 9.84 Å². The van der Waals surface area contributed by atoms with Gasteiger partial charge in [0.05, 0.1) is 5.92 Å². The molecule has 1 amide bonds. The lowest BCUT2D eigenvalue weighted by Crippen LogP contribution is -2.46. The van der Waals surface area contributed by atoms with Crippen LogP contribution < -0.4 is 10.1 Å². The zero-order valence-electron chi connectivity index (χ0n) is 11.2. The lowest BCUT2D eigenvalue weighted by molar-refractivity contribution is -0.144. The molecule has 2 atom stereocenters. The summed E-state index contributed by atoms with van der Waals surface area (Å²) in [5.74, 6) is -0.962. The van der Waals surface area contributed by atoms with Crippen molar-refractivity contribution in [3.8, 4) is 5.75 Å². The minimum absolute atomic E-state index is 0.0904. The number of carbonyl (C=O) groups excluding carboxylic acids is 1. The monoisotopic (exact) mass is 277 g/mol. The molecule has 0 radical (unpaired) electrons. The van der Waals surface area contributed by atoms with Crippen LogP contribution in [0.15, 0.2) is 30.3 Å². The number of para-hydroxylation sites is 1. The van der Waals surface area contributed by atoms with Crippen molar-refractivity contribution < 1.29 is 19.4 Å². The second kappa shape index (κ2) is 6.93. The molecule has 1 aliphatic rings. The Morgan fingerprint density at radius 2 is 1.90 bits per heavy atom. The smallest absolute Gasteiger partial charge is 0.308 e. The van der Waals surface area contributed by atoms with Gasteiger partial charge < -0.3 is 15.2 Å². The van der Waals surface area contributed by atoms with Gasteiger partial charge in [-0.3, -0.25) is 9.59 Å². The third-order valence-corrected chi connectivity index (χ3v) is 3.54. The van der Waals surface area contributed by atoms with Crippen LogP contribution in [-0.4, -0.2) is 29.6 Å². The molecule has 1 aliphatic carbocycles. The quantitative estimate of drug-likeness (QED) is 0.861. The lowest BCUT2D eigenvalue weighted by atomic mass is 9.84. The van der Waals surface area contributed by atoms with E-state index in [0.29, 0.717) is 18.6 Å². The molecule has 2 rings (SSSR count). The van der Waals surface area contributed by atoms with E-state index < -0.39 is 11.9 Å². The number of carbonyl (C=O) groups is 2. The molecular formula is C15H19NO4. The number of ether oxygens (including phenoxy) is 1. The maximum absolute atomic E-state index is 11.8. The summed E-state index contributed by atoms with van der Waals surface area (Å²) in [5, 5.41) is 11.9. The first-order valence-corrected chi connectivity index (χ1v) is 6.87. The van der Waals surface area contributed by atoms with Gasteiger partial charge in [0, 0.05) is 6.04 Å². The van der Waals surface area contributed by atoms with Crippen molar-refractivity contribution in [2.24, 2.45) is 5.92 Å². The standard InChI is InChI=1S/C15H19NO4/c17-14(10-20-11-6-2-1-3-7-11)16-13-9-5-4-8-12(13)15(18)19/h1-3,6-7,12-13H,4-5,8-10H2,(H,16,17)(H,18,19)/t12-,13-/m0/s1. The van der Waals surface area contributed by atoms with Gasteiger partial charge in [-0.05, 0) is 25.0 Å². The molecule has 20 heavy (non-hydrogen) atoms. The molecule has 108 valence electrons. The molecule has 0 aromatic heterocycles. The summed E-state index contributed by atoms with van der Waals surface area (Å²) in [4.78, 5) is 23.0. The molecule has 1 fully saturated rings. The number of hydrogen-bond acceptors (Lipinski definition) is 3. The van der Waals surface area contributed by atoms with Crippen LogP contribution in [0, 0.1) is 5.92 Å². The van der Waals surface area contributed by atoms with E-state index >= 15 is 0 Å². The number of aliphatic carboxylic acids is 1. The van der Waals surface area contributed by atoms with Gasteiger partial charge in [0.25, 0.3) is 5.91 Å². The molecule has 1 aromatic rings. The van der Waals surface area contributed by atoms with Gasteiger partial charge in [0.1, 0.15) is 5.75 Å². The second-order valence-electron chi connectivity index (χ2n) is 5.00. The van der Waals surface area contributed by atoms with Crippen molar-refractivity contribution in [2.75, 3.05) is 6.61 Å². The minimum atomic E-state index is -0.834. The summed E-state index contributed by atoms with van der Waals surface area (Å²) in [6, 6.07) is 8.78. The molecule has 1 aromatic carbocycles. The van der Waals surface area contributed by atoms with Crippen LogP contribution in [0.1, 0.15) is 25.7 Å². The number of benzene rings is 1. The van der Waals surface area contributed by atoms with Gasteiger partial charge in [0.15, 0.2) is 6.61 Å². The SMILES string of the molecule is O=C(COc1ccccc1)N[C@H]1CCCC[C@@H]1C(=O)O. The molecule has 0 saturated heterocycles. The fraction of sp³-hybridized carbons (Fsp3) is 0.467. The average molecular weight is 277 g/mol. The summed E-state index contributed by atoms with van der Waals surface area (Å²) in [6.45, 7) is -0.0904. The van der Waals surface area contributed by atoms with E-state index in [2.05, 4.69) is 5.32 Å². The number of hydrogen-bond donors (Lipinski definition) is 2. The normalized spacial score (nSPS) is 22.0. The van der Waals surface area contributed by atoms with Crippen molar-refractivity contribution in [3.63, 3.8) is 0 Å². The van der Waals surface area contributed by atoms with Crippen LogP contribution in [0.4, 0.5) is 0 Å². The van der Waals surface area contributed by atoms with Crippen LogP contribution in [-0.2, 0) is 9.59 Å². The fourth-order valence-corrected chi connectivity index (χ4v) is 2.51. The summed E-state index contributed by atoms with van der Waals surface area (Å²) in [7, 11) is 0. The zero-order chi connectivity index (χ0) is 14.4. The first-order valence-electron chi connectivity index (χ1n) is 6.87. The average Bonchev–Trinajstić information content (AvgIpc) is 2.46. The van der Waals surface area contributed by atoms with Crippen LogP contribution >= 0.6 is 0 Å². The number of carboxylic acids is 1. The molecule has 0 heterocycles. The Kier molecular flexibility index (Phi) is 4.98. The van der Waals surface area contributed by atoms with E-state index in [1.807, 2.05) is 18.2 Å². The van der Waals surface area contributed by atoms with Crippen molar-refractivity contribution in [2.45, 2.75) is 31.7 Å².